The number of piperidine rings is 1. The van der Waals surface area contributed by atoms with E-state index in [-0.39, 0.29) is 5.91 Å². The molecule has 0 radical (unpaired) electrons. The Labute approximate surface area is 122 Å². The summed E-state index contributed by atoms with van der Waals surface area (Å²) in [5, 5.41) is 0. The van der Waals surface area contributed by atoms with Gasteiger partial charge in [-0.25, -0.2) is 0 Å². The Morgan fingerprint density at radius 2 is 2.05 bits per heavy atom. The van der Waals surface area contributed by atoms with Gasteiger partial charge in [-0.05, 0) is 43.2 Å². The molecule has 0 aromatic heterocycles. The van der Waals surface area contributed by atoms with Crippen molar-refractivity contribution in [2.75, 3.05) is 13.1 Å². The summed E-state index contributed by atoms with van der Waals surface area (Å²) in [5.74, 6) is 0.347. The Kier molecular flexibility index (Phi) is 4.91. The molecule has 1 unspecified atom stereocenters. The second kappa shape index (κ2) is 6.50. The minimum atomic E-state index is -4.30. The van der Waals surface area contributed by atoms with Crippen LogP contribution in [0.5, 0.6) is 0 Å². The SMILES string of the molecule is CC(=O)N1CCCC(CCc2ccccc2C(F)(F)F)C1. The fraction of sp³-hybridized carbons (Fsp3) is 0.562. The quantitative estimate of drug-likeness (QED) is 0.829. The zero-order chi connectivity index (χ0) is 15.5. The fourth-order valence-electron chi connectivity index (χ4n) is 2.96. The molecule has 1 aliphatic rings. The molecule has 1 aromatic rings. The van der Waals surface area contributed by atoms with Crippen LogP contribution < -0.4 is 0 Å². The van der Waals surface area contributed by atoms with Gasteiger partial charge >= 0.3 is 6.18 Å². The molecule has 1 fully saturated rings. The van der Waals surface area contributed by atoms with Crippen LogP contribution in [0.2, 0.25) is 0 Å². The average molecular weight is 299 g/mol. The second-order valence-corrected chi connectivity index (χ2v) is 5.67. The molecule has 1 heterocycles. The number of aryl methyl sites for hydroxylation is 1. The largest absolute Gasteiger partial charge is 0.416 e. The van der Waals surface area contributed by atoms with Crippen molar-refractivity contribution in [3.63, 3.8) is 0 Å². The number of alkyl halides is 3. The lowest BCUT2D eigenvalue weighted by atomic mass is 9.90. The van der Waals surface area contributed by atoms with E-state index < -0.39 is 11.7 Å². The normalized spacial score (nSPS) is 19.6. The summed E-state index contributed by atoms with van der Waals surface area (Å²) >= 11 is 0. The van der Waals surface area contributed by atoms with Crippen LogP contribution in [0.15, 0.2) is 24.3 Å². The number of carbonyl (C=O) groups excluding carboxylic acids is 1. The van der Waals surface area contributed by atoms with E-state index in [0.29, 0.717) is 30.9 Å². The Hall–Kier alpha value is -1.52. The van der Waals surface area contributed by atoms with Crippen molar-refractivity contribution >= 4 is 5.91 Å². The van der Waals surface area contributed by atoms with Crippen molar-refractivity contribution in [3.05, 3.63) is 35.4 Å². The fourth-order valence-corrected chi connectivity index (χ4v) is 2.96. The summed E-state index contributed by atoms with van der Waals surface area (Å²) in [4.78, 5) is 13.2. The number of rotatable bonds is 3. The Morgan fingerprint density at radius 3 is 2.71 bits per heavy atom. The number of amides is 1. The smallest absolute Gasteiger partial charge is 0.343 e. The van der Waals surface area contributed by atoms with Gasteiger partial charge in [0.25, 0.3) is 0 Å². The van der Waals surface area contributed by atoms with E-state index in [0.717, 1.165) is 25.5 Å². The molecular formula is C16H20F3NO. The lowest BCUT2D eigenvalue weighted by Crippen LogP contribution is -2.38. The third-order valence-corrected chi connectivity index (χ3v) is 4.11. The molecule has 1 atom stereocenters. The number of likely N-dealkylation sites (tertiary alicyclic amines) is 1. The maximum Gasteiger partial charge on any atom is 0.416 e. The van der Waals surface area contributed by atoms with E-state index >= 15 is 0 Å². The van der Waals surface area contributed by atoms with Crippen molar-refractivity contribution in [1.29, 1.82) is 0 Å². The topological polar surface area (TPSA) is 20.3 Å². The highest BCUT2D eigenvalue weighted by molar-refractivity contribution is 5.73. The Bertz CT molecular complexity index is 499. The molecule has 21 heavy (non-hydrogen) atoms. The highest BCUT2D eigenvalue weighted by atomic mass is 19.4. The van der Waals surface area contributed by atoms with E-state index in [1.54, 1.807) is 24.0 Å². The maximum absolute atomic E-state index is 12.9. The summed E-state index contributed by atoms with van der Waals surface area (Å²) in [7, 11) is 0. The van der Waals surface area contributed by atoms with Gasteiger partial charge in [-0.2, -0.15) is 13.2 Å². The number of nitrogens with zero attached hydrogens (tertiary/aromatic N) is 1. The maximum atomic E-state index is 12.9. The molecular weight excluding hydrogens is 279 g/mol. The first kappa shape index (κ1) is 15.9. The zero-order valence-electron chi connectivity index (χ0n) is 12.1. The van der Waals surface area contributed by atoms with E-state index in [9.17, 15) is 18.0 Å². The predicted octanol–water partition coefficient (Wildman–Crippen LogP) is 3.90. The van der Waals surface area contributed by atoms with Gasteiger partial charge < -0.3 is 4.90 Å². The van der Waals surface area contributed by atoms with E-state index in [1.807, 2.05) is 0 Å². The van der Waals surface area contributed by atoms with Gasteiger partial charge in [0.1, 0.15) is 0 Å². The Morgan fingerprint density at radius 1 is 1.33 bits per heavy atom. The summed E-state index contributed by atoms with van der Waals surface area (Å²) in [6, 6.07) is 5.75. The van der Waals surface area contributed by atoms with Crippen molar-refractivity contribution in [2.24, 2.45) is 5.92 Å². The molecule has 5 heteroatoms. The molecule has 2 rings (SSSR count). The van der Waals surface area contributed by atoms with E-state index in [4.69, 9.17) is 0 Å². The molecule has 1 amide bonds. The molecule has 0 N–H and O–H groups in total. The molecule has 0 saturated carbocycles. The zero-order valence-corrected chi connectivity index (χ0v) is 12.1. The minimum absolute atomic E-state index is 0.0513. The standard InChI is InChI=1S/C16H20F3NO/c1-12(21)20-10-4-5-13(11-20)8-9-14-6-2-3-7-15(14)16(17,18)19/h2-3,6-7,13H,4-5,8-11H2,1H3. The van der Waals surface area contributed by atoms with E-state index in [1.165, 1.54) is 6.07 Å². The van der Waals surface area contributed by atoms with Crippen LogP contribution in [-0.4, -0.2) is 23.9 Å². The molecule has 1 saturated heterocycles. The number of hydrogen-bond acceptors (Lipinski definition) is 1. The first-order valence-corrected chi connectivity index (χ1v) is 7.28. The third kappa shape index (κ3) is 4.22. The summed E-state index contributed by atoms with van der Waals surface area (Å²) < 4.78 is 38.8. The first-order valence-electron chi connectivity index (χ1n) is 7.28. The molecule has 1 aromatic carbocycles. The van der Waals surface area contributed by atoms with Crippen LogP contribution in [0.1, 0.15) is 37.3 Å². The number of benzene rings is 1. The highest BCUT2D eigenvalue weighted by Crippen LogP contribution is 2.33. The van der Waals surface area contributed by atoms with Crippen LogP contribution in [-0.2, 0) is 17.4 Å². The van der Waals surface area contributed by atoms with Crippen molar-refractivity contribution in [3.8, 4) is 0 Å². The summed E-state index contributed by atoms with van der Waals surface area (Å²) in [5.41, 5.74) is -0.186. The van der Waals surface area contributed by atoms with E-state index in [2.05, 4.69) is 0 Å². The monoisotopic (exact) mass is 299 g/mol. The number of carbonyl (C=O) groups is 1. The van der Waals surface area contributed by atoms with Crippen LogP contribution in [0.4, 0.5) is 13.2 Å². The predicted molar refractivity (Wildman–Crippen MR) is 74.7 cm³/mol. The second-order valence-electron chi connectivity index (χ2n) is 5.67. The molecule has 2 nitrogen and oxygen atoms in total. The lowest BCUT2D eigenvalue weighted by molar-refractivity contribution is -0.138. The molecule has 1 aliphatic heterocycles. The number of hydrogen-bond donors (Lipinski definition) is 0. The van der Waals surface area contributed by atoms with Gasteiger partial charge in [0.05, 0.1) is 5.56 Å². The van der Waals surface area contributed by atoms with Crippen molar-refractivity contribution < 1.29 is 18.0 Å². The van der Waals surface area contributed by atoms with Crippen LogP contribution >= 0.6 is 0 Å². The average Bonchev–Trinajstić information content (AvgIpc) is 2.45. The van der Waals surface area contributed by atoms with Crippen LogP contribution in [0.25, 0.3) is 0 Å². The highest BCUT2D eigenvalue weighted by Gasteiger charge is 2.33. The summed E-state index contributed by atoms with van der Waals surface area (Å²) in [6.45, 7) is 2.98. The van der Waals surface area contributed by atoms with Crippen LogP contribution in [0, 0.1) is 5.92 Å². The number of halogens is 3. The van der Waals surface area contributed by atoms with Gasteiger partial charge in [-0.15, -0.1) is 0 Å². The van der Waals surface area contributed by atoms with Gasteiger partial charge in [-0.3, -0.25) is 4.79 Å². The van der Waals surface area contributed by atoms with Gasteiger partial charge in [0.15, 0.2) is 0 Å². The molecule has 0 aliphatic carbocycles. The van der Waals surface area contributed by atoms with Gasteiger partial charge in [0.2, 0.25) is 5.91 Å². The minimum Gasteiger partial charge on any atom is -0.343 e. The summed E-state index contributed by atoms with van der Waals surface area (Å²) in [6.07, 6.45) is -1.28. The Balaban J connectivity index is 1.99. The molecule has 0 spiro atoms. The van der Waals surface area contributed by atoms with Crippen LogP contribution in [0.3, 0.4) is 0 Å². The van der Waals surface area contributed by atoms with Crippen molar-refractivity contribution in [1.82, 2.24) is 4.90 Å². The lowest BCUT2D eigenvalue weighted by Gasteiger charge is -2.32. The van der Waals surface area contributed by atoms with Gasteiger partial charge in [-0.1, -0.05) is 18.2 Å². The molecule has 0 bridgehead atoms. The third-order valence-electron chi connectivity index (χ3n) is 4.11. The van der Waals surface area contributed by atoms with Gasteiger partial charge in [0, 0.05) is 20.0 Å². The van der Waals surface area contributed by atoms with Crippen molar-refractivity contribution in [2.45, 2.75) is 38.8 Å². The first-order chi connectivity index (χ1) is 9.88. The molecule has 116 valence electrons.